The van der Waals surface area contributed by atoms with E-state index in [1.807, 2.05) is 6.07 Å². The molecule has 8 heteroatoms. The highest BCUT2D eigenvalue weighted by Crippen LogP contribution is 2.26. The van der Waals surface area contributed by atoms with Crippen molar-refractivity contribution in [2.45, 2.75) is 29.9 Å². The Kier molecular flexibility index (Phi) is 4.20. The lowest BCUT2D eigenvalue weighted by Crippen LogP contribution is -2.47. The van der Waals surface area contributed by atoms with Crippen LogP contribution in [0.3, 0.4) is 0 Å². The molecule has 2 rings (SSSR count). The fourth-order valence-corrected chi connectivity index (χ4v) is 3.38. The molecule has 0 amide bonds. The molecule has 0 radical (unpaired) electrons. The van der Waals surface area contributed by atoms with E-state index in [0.717, 1.165) is 0 Å². The van der Waals surface area contributed by atoms with Crippen LogP contribution in [0.15, 0.2) is 23.1 Å². The molecule has 1 aliphatic rings. The molecule has 1 fully saturated rings. The van der Waals surface area contributed by atoms with Gasteiger partial charge in [-0.05, 0) is 25.1 Å². The van der Waals surface area contributed by atoms with Crippen molar-refractivity contribution in [2.75, 3.05) is 18.9 Å². The van der Waals surface area contributed by atoms with Crippen molar-refractivity contribution in [1.82, 2.24) is 4.72 Å². The maximum atomic E-state index is 12.2. The molecule has 0 spiro atoms. The van der Waals surface area contributed by atoms with Gasteiger partial charge < -0.3 is 15.6 Å². The highest BCUT2D eigenvalue weighted by Gasteiger charge is 2.40. The molecule has 1 heterocycles. The van der Waals surface area contributed by atoms with Crippen LogP contribution in [0.5, 0.6) is 0 Å². The lowest BCUT2D eigenvalue weighted by atomic mass is 9.97. The Morgan fingerprint density at radius 3 is 2.86 bits per heavy atom. The van der Waals surface area contributed by atoms with Crippen molar-refractivity contribution in [3.63, 3.8) is 0 Å². The van der Waals surface area contributed by atoms with E-state index in [9.17, 15) is 13.5 Å². The predicted octanol–water partition coefficient (Wildman–Crippen LogP) is -0.0413. The monoisotopic (exact) mass is 311 g/mol. The molecule has 1 aliphatic heterocycles. The maximum absolute atomic E-state index is 12.2. The third kappa shape index (κ3) is 3.16. The SMILES string of the molecule is CC1OCCC1(O)CNS(=O)(=O)c1ccc(C#N)cc1N. The predicted molar refractivity (Wildman–Crippen MR) is 75.7 cm³/mol. The molecule has 1 aromatic carbocycles. The number of rotatable bonds is 4. The lowest BCUT2D eigenvalue weighted by Gasteiger charge is -2.26. The summed E-state index contributed by atoms with van der Waals surface area (Å²) in [6, 6.07) is 5.83. The molecular formula is C13H17N3O4S. The van der Waals surface area contributed by atoms with Gasteiger partial charge in [0.1, 0.15) is 10.5 Å². The number of hydrogen-bond donors (Lipinski definition) is 3. The summed E-state index contributed by atoms with van der Waals surface area (Å²) < 4.78 is 32.1. The van der Waals surface area contributed by atoms with E-state index in [1.165, 1.54) is 18.2 Å². The molecule has 7 nitrogen and oxygen atoms in total. The van der Waals surface area contributed by atoms with Crippen LogP contribution in [0.25, 0.3) is 0 Å². The van der Waals surface area contributed by atoms with Crippen LogP contribution in [0.4, 0.5) is 5.69 Å². The number of anilines is 1. The molecule has 2 atom stereocenters. The van der Waals surface area contributed by atoms with E-state index < -0.39 is 21.7 Å². The molecule has 1 saturated heterocycles. The molecular weight excluding hydrogens is 294 g/mol. The largest absolute Gasteiger partial charge is 0.398 e. The van der Waals surface area contributed by atoms with E-state index in [1.54, 1.807) is 6.92 Å². The van der Waals surface area contributed by atoms with Crippen LogP contribution in [0.2, 0.25) is 0 Å². The minimum atomic E-state index is -3.86. The average Bonchev–Trinajstić information content (AvgIpc) is 2.77. The summed E-state index contributed by atoms with van der Waals surface area (Å²) in [5.41, 5.74) is 4.71. The van der Waals surface area contributed by atoms with Crippen LogP contribution in [-0.2, 0) is 14.8 Å². The van der Waals surface area contributed by atoms with Gasteiger partial charge in [0, 0.05) is 19.6 Å². The fourth-order valence-electron chi connectivity index (χ4n) is 2.16. The smallest absolute Gasteiger partial charge is 0.242 e. The topological polar surface area (TPSA) is 125 Å². The van der Waals surface area contributed by atoms with Crippen molar-refractivity contribution in [3.05, 3.63) is 23.8 Å². The molecule has 1 aromatic rings. The van der Waals surface area contributed by atoms with Gasteiger partial charge in [0.15, 0.2) is 0 Å². The normalized spacial score (nSPS) is 25.7. The van der Waals surface area contributed by atoms with E-state index in [0.29, 0.717) is 13.0 Å². The first-order valence-electron chi connectivity index (χ1n) is 6.42. The standard InChI is InChI=1S/C13H17N3O4S/c1-9-13(17,4-5-20-9)8-16-21(18,19)12-3-2-10(7-14)6-11(12)15/h2-3,6,9,16-17H,4-5,8,15H2,1H3. The van der Waals surface area contributed by atoms with Gasteiger partial charge in [-0.1, -0.05) is 0 Å². The molecule has 0 saturated carbocycles. The number of ether oxygens (including phenoxy) is 1. The van der Waals surface area contributed by atoms with E-state index in [-0.39, 0.29) is 22.7 Å². The second kappa shape index (κ2) is 5.61. The number of nitrogen functional groups attached to an aromatic ring is 1. The van der Waals surface area contributed by atoms with Crippen molar-refractivity contribution in [1.29, 1.82) is 5.26 Å². The van der Waals surface area contributed by atoms with Crippen LogP contribution in [-0.4, -0.2) is 38.4 Å². The van der Waals surface area contributed by atoms with Crippen LogP contribution < -0.4 is 10.5 Å². The van der Waals surface area contributed by atoms with Crippen molar-refractivity contribution in [3.8, 4) is 6.07 Å². The zero-order chi connectivity index (χ0) is 15.7. The molecule has 21 heavy (non-hydrogen) atoms. The minimum Gasteiger partial charge on any atom is -0.398 e. The third-order valence-corrected chi connectivity index (χ3v) is 5.13. The molecule has 0 aromatic heterocycles. The Balaban J connectivity index is 2.18. The number of nitrogens with one attached hydrogen (secondary N) is 1. The second-order valence-electron chi connectivity index (χ2n) is 5.06. The first kappa shape index (κ1) is 15.7. The van der Waals surface area contributed by atoms with Gasteiger partial charge >= 0.3 is 0 Å². The van der Waals surface area contributed by atoms with Gasteiger partial charge in [-0.25, -0.2) is 13.1 Å². The number of aliphatic hydroxyl groups is 1. The first-order valence-corrected chi connectivity index (χ1v) is 7.90. The zero-order valence-electron chi connectivity index (χ0n) is 11.5. The summed E-state index contributed by atoms with van der Waals surface area (Å²) in [5, 5.41) is 19.0. The average molecular weight is 311 g/mol. The Bertz CT molecular complexity index is 683. The van der Waals surface area contributed by atoms with Crippen LogP contribution in [0, 0.1) is 11.3 Å². The van der Waals surface area contributed by atoms with Crippen molar-refractivity contribution < 1.29 is 18.3 Å². The van der Waals surface area contributed by atoms with Crippen molar-refractivity contribution >= 4 is 15.7 Å². The Labute approximate surface area is 123 Å². The van der Waals surface area contributed by atoms with E-state index >= 15 is 0 Å². The summed E-state index contributed by atoms with van der Waals surface area (Å²) in [6.07, 6.45) is -0.0852. The van der Waals surface area contributed by atoms with E-state index in [2.05, 4.69) is 4.72 Å². The second-order valence-corrected chi connectivity index (χ2v) is 6.79. The van der Waals surface area contributed by atoms with Gasteiger partial charge in [-0.3, -0.25) is 0 Å². The summed E-state index contributed by atoms with van der Waals surface area (Å²) in [4.78, 5) is -0.114. The number of benzene rings is 1. The third-order valence-electron chi connectivity index (χ3n) is 3.66. The summed E-state index contributed by atoms with van der Waals surface area (Å²) in [6.45, 7) is 1.92. The van der Waals surface area contributed by atoms with Crippen LogP contribution >= 0.6 is 0 Å². The summed E-state index contributed by atoms with van der Waals surface area (Å²) in [5.74, 6) is 0. The quantitative estimate of drug-likeness (QED) is 0.670. The maximum Gasteiger partial charge on any atom is 0.242 e. The number of nitrogens with two attached hydrogens (primary N) is 1. The molecule has 4 N–H and O–H groups in total. The van der Waals surface area contributed by atoms with Crippen LogP contribution in [0.1, 0.15) is 18.9 Å². The minimum absolute atomic E-state index is 0.00994. The highest BCUT2D eigenvalue weighted by molar-refractivity contribution is 7.89. The Morgan fingerprint density at radius 1 is 1.62 bits per heavy atom. The van der Waals surface area contributed by atoms with Gasteiger partial charge in [-0.2, -0.15) is 5.26 Å². The van der Waals surface area contributed by atoms with Crippen molar-refractivity contribution in [2.24, 2.45) is 0 Å². The van der Waals surface area contributed by atoms with E-state index in [4.69, 9.17) is 15.7 Å². The molecule has 0 aliphatic carbocycles. The van der Waals surface area contributed by atoms with Gasteiger partial charge in [0.25, 0.3) is 0 Å². The summed E-state index contributed by atoms with van der Waals surface area (Å²) >= 11 is 0. The zero-order valence-corrected chi connectivity index (χ0v) is 12.4. The molecule has 0 bridgehead atoms. The summed E-state index contributed by atoms with van der Waals surface area (Å²) in [7, 11) is -3.86. The van der Waals surface area contributed by atoms with Gasteiger partial charge in [0.2, 0.25) is 10.0 Å². The molecule has 2 unspecified atom stereocenters. The number of nitriles is 1. The van der Waals surface area contributed by atoms with Gasteiger partial charge in [0.05, 0.1) is 23.4 Å². The Morgan fingerprint density at radius 2 is 2.33 bits per heavy atom. The lowest BCUT2D eigenvalue weighted by molar-refractivity contribution is -0.0228. The number of nitrogens with zero attached hydrogens (tertiary/aromatic N) is 1. The highest BCUT2D eigenvalue weighted by atomic mass is 32.2. The Hall–Kier alpha value is -1.66. The fraction of sp³-hybridized carbons (Fsp3) is 0.462. The van der Waals surface area contributed by atoms with Gasteiger partial charge in [-0.15, -0.1) is 0 Å². The first-order chi connectivity index (χ1) is 9.78. The number of sulfonamides is 1. The number of hydrogen-bond acceptors (Lipinski definition) is 6. The molecule has 114 valence electrons.